The summed E-state index contributed by atoms with van der Waals surface area (Å²) >= 11 is 0. The van der Waals surface area contributed by atoms with Crippen LogP contribution in [0.3, 0.4) is 0 Å². The average molecular weight is 386 g/mol. The van der Waals surface area contributed by atoms with Gasteiger partial charge in [0.25, 0.3) is 0 Å². The molecule has 0 spiro atoms. The SMILES string of the molecule is CC(/C=N/NC(=O)CCn1c2c(c3ccccc31)CCCC2)=C\c1ccccc1. The summed E-state index contributed by atoms with van der Waals surface area (Å²) in [6, 6.07) is 18.6. The molecule has 0 aliphatic heterocycles. The largest absolute Gasteiger partial charge is 0.344 e. The summed E-state index contributed by atoms with van der Waals surface area (Å²) in [5.41, 5.74) is 8.91. The molecule has 3 aromatic rings. The molecule has 1 N–H and O–H groups in total. The number of amides is 1. The Morgan fingerprint density at radius 3 is 2.69 bits per heavy atom. The van der Waals surface area contributed by atoms with Gasteiger partial charge in [-0.3, -0.25) is 4.79 Å². The molecular weight excluding hydrogens is 358 g/mol. The Morgan fingerprint density at radius 2 is 1.83 bits per heavy atom. The molecule has 4 heteroatoms. The summed E-state index contributed by atoms with van der Waals surface area (Å²) in [6.07, 6.45) is 8.88. The third-order valence-electron chi connectivity index (χ3n) is 5.50. The van der Waals surface area contributed by atoms with Crippen LogP contribution in [0.1, 0.15) is 43.0 Å². The second-order valence-corrected chi connectivity index (χ2v) is 7.64. The Bertz CT molecular complexity index is 1060. The van der Waals surface area contributed by atoms with Crippen molar-refractivity contribution in [2.45, 2.75) is 45.6 Å². The first kappa shape index (κ1) is 19.2. The number of hydrogen-bond acceptors (Lipinski definition) is 2. The zero-order chi connectivity index (χ0) is 20.1. The molecule has 1 aromatic heterocycles. The van der Waals surface area contributed by atoms with Crippen LogP contribution < -0.4 is 5.43 Å². The topological polar surface area (TPSA) is 46.4 Å². The number of rotatable bonds is 6. The number of nitrogens with one attached hydrogen (secondary N) is 1. The summed E-state index contributed by atoms with van der Waals surface area (Å²) in [4.78, 5) is 12.3. The second-order valence-electron chi connectivity index (χ2n) is 7.64. The van der Waals surface area contributed by atoms with E-state index in [9.17, 15) is 4.79 Å². The lowest BCUT2D eigenvalue weighted by molar-refractivity contribution is -0.121. The molecular formula is C25H27N3O. The van der Waals surface area contributed by atoms with Crippen molar-refractivity contribution in [3.8, 4) is 0 Å². The average Bonchev–Trinajstić information content (AvgIpc) is 3.07. The van der Waals surface area contributed by atoms with Crippen molar-refractivity contribution >= 4 is 29.1 Å². The molecule has 148 valence electrons. The number of allylic oxidation sites excluding steroid dienone is 1. The lowest BCUT2D eigenvalue weighted by Crippen LogP contribution is -2.20. The number of nitrogens with zero attached hydrogens (tertiary/aromatic N) is 2. The van der Waals surface area contributed by atoms with Crippen LogP contribution in [-0.2, 0) is 24.2 Å². The first-order valence-corrected chi connectivity index (χ1v) is 10.4. The highest BCUT2D eigenvalue weighted by atomic mass is 16.2. The number of hydrazone groups is 1. The van der Waals surface area contributed by atoms with Crippen molar-refractivity contribution in [3.63, 3.8) is 0 Å². The van der Waals surface area contributed by atoms with Crippen LogP contribution in [-0.4, -0.2) is 16.7 Å². The first-order chi connectivity index (χ1) is 14.2. The molecule has 4 rings (SSSR count). The Labute approximate surface area is 171 Å². The zero-order valence-corrected chi connectivity index (χ0v) is 16.9. The number of aromatic nitrogens is 1. The van der Waals surface area contributed by atoms with Crippen LogP contribution in [0, 0.1) is 0 Å². The summed E-state index contributed by atoms with van der Waals surface area (Å²) in [6.45, 7) is 2.66. The maximum atomic E-state index is 12.3. The third-order valence-corrected chi connectivity index (χ3v) is 5.50. The van der Waals surface area contributed by atoms with E-state index in [0.717, 1.165) is 24.0 Å². The highest BCUT2D eigenvalue weighted by molar-refractivity contribution is 5.87. The fraction of sp³-hybridized carbons (Fsp3) is 0.280. The van der Waals surface area contributed by atoms with Gasteiger partial charge in [0.05, 0.1) is 6.21 Å². The van der Waals surface area contributed by atoms with E-state index >= 15 is 0 Å². The molecule has 0 bridgehead atoms. The second kappa shape index (κ2) is 8.91. The molecule has 1 amide bonds. The Hall–Kier alpha value is -3.14. The fourth-order valence-electron chi connectivity index (χ4n) is 4.17. The molecule has 1 aliphatic carbocycles. The van der Waals surface area contributed by atoms with E-state index in [4.69, 9.17) is 0 Å². The molecule has 0 unspecified atom stereocenters. The van der Waals surface area contributed by atoms with E-state index in [0.29, 0.717) is 13.0 Å². The minimum atomic E-state index is -0.0592. The molecule has 4 nitrogen and oxygen atoms in total. The summed E-state index contributed by atoms with van der Waals surface area (Å²) in [5.74, 6) is -0.0592. The van der Waals surface area contributed by atoms with Crippen LogP contribution in [0.5, 0.6) is 0 Å². The summed E-state index contributed by atoms with van der Waals surface area (Å²) in [7, 11) is 0. The smallest absolute Gasteiger partial charge is 0.241 e. The van der Waals surface area contributed by atoms with Crippen LogP contribution in [0.25, 0.3) is 17.0 Å². The highest BCUT2D eigenvalue weighted by Crippen LogP contribution is 2.32. The van der Waals surface area contributed by atoms with Gasteiger partial charge < -0.3 is 4.57 Å². The number of carbonyl (C=O) groups is 1. The van der Waals surface area contributed by atoms with Gasteiger partial charge in [-0.2, -0.15) is 5.10 Å². The molecule has 1 aliphatic rings. The maximum Gasteiger partial charge on any atom is 0.241 e. The van der Waals surface area contributed by atoms with E-state index < -0.39 is 0 Å². The van der Waals surface area contributed by atoms with E-state index in [-0.39, 0.29) is 5.91 Å². The number of aryl methyl sites for hydroxylation is 2. The third kappa shape index (κ3) is 4.48. The van der Waals surface area contributed by atoms with Crippen LogP contribution in [0.15, 0.2) is 65.3 Å². The Morgan fingerprint density at radius 1 is 1.07 bits per heavy atom. The number of fused-ring (bicyclic) bond motifs is 3. The molecule has 2 aromatic carbocycles. The summed E-state index contributed by atoms with van der Waals surface area (Å²) < 4.78 is 2.34. The van der Waals surface area contributed by atoms with Gasteiger partial charge in [-0.25, -0.2) is 5.43 Å². The van der Waals surface area contributed by atoms with Gasteiger partial charge in [-0.05, 0) is 55.4 Å². The van der Waals surface area contributed by atoms with Crippen molar-refractivity contribution in [2.75, 3.05) is 0 Å². The van der Waals surface area contributed by atoms with Gasteiger partial charge in [0.15, 0.2) is 0 Å². The molecule has 1 heterocycles. The van der Waals surface area contributed by atoms with Crippen molar-refractivity contribution < 1.29 is 4.79 Å². The Kier molecular flexibility index (Phi) is 5.89. The van der Waals surface area contributed by atoms with Crippen LogP contribution in [0.4, 0.5) is 0 Å². The van der Waals surface area contributed by atoms with E-state index in [1.807, 2.05) is 43.3 Å². The number of benzene rings is 2. The van der Waals surface area contributed by atoms with Gasteiger partial charge in [-0.1, -0.05) is 54.6 Å². The molecule has 0 fully saturated rings. The lowest BCUT2D eigenvalue weighted by Gasteiger charge is -2.15. The van der Waals surface area contributed by atoms with Crippen molar-refractivity contribution in [3.05, 3.63) is 77.0 Å². The van der Waals surface area contributed by atoms with Gasteiger partial charge in [0.2, 0.25) is 5.91 Å². The number of para-hydroxylation sites is 1. The van der Waals surface area contributed by atoms with E-state index in [1.165, 1.54) is 35.0 Å². The van der Waals surface area contributed by atoms with Gasteiger partial charge in [0, 0.05) is 29.6 Å². The number of hydrogen-bond donors (Lipinski definition) is 1. The predicted octanol–water partition coefficient (Wildman–Crippen LogP) is 5.12. The van der Waals surface area contributed by atoms with E-state index in [1.54, 1.807) is 6.21 Å². The van der Waals surface area contributed by atoms with Gasteiger partial charge in [0.1, 0.15) is 0 Å². The van der Waals surface area contributed by atoms with Gasteiger partial charge >= 0.3 is 0 Å². The fourth-order valence-corrected chi connectivity index (χ4v) is 4.17. The van der Waals surface area contributed by atoms with Crippen LogP contribution in [0.2, 0.25) is 0 Å². The minimum Gasteiger partial charge on any atom is -0.344 e. The molecule has 0 saturated heterocycles. The quantitative estimate of drug-likeness (QED) is 0.465. The predicted molar refractivity (Wildman–Crippen MR) is 120 cm³/mol. The van der Waals surface area contributed by atoms with Crippen molar-refractivity contribution in [1.82, 2.24) is 9.99 Å². The highest BCUT2D eigenvalue weighted by Gasteiger charge is 2.19. The van der Waals surface area contributed by atoms with Crippen LogP contribution >= 0.6 is 0 Å². The van der Waals surface area contributed by atoms with Crippen molar-refractivity contribution in [1.29, 1.82) is 0 Å². The monoisotopic (exact) mass is 385 g/mol. The Balaban J connectivity index is 1.39. The zero-order valence-electron chi connectivity index (χ0n) is 16.9. The lowest BCUT2D eigenvalue weighted by atomic mass is 9.95. The molecule has 0 atom stereocenters. The molecule has 0 saturated carbocycles. The minimum absolute atomic E-state index is 0.0592. The standard InChI is InChI=1S/C25H27N3O/c1-19(17-20-9-3-2-4-10-20)18-26-27-25(29)15-16-28-23-13-7-5-11-21(23)22-12-6-8-14-24(22)28/h2-5,7,9-11,13,17-18H,6,8,12,14-16H2,1H3,(H,27,29)/b19-17+,26-18+. The first-order valence-electron chi connectivity index (χ1n) is 10.4. The molecule has 0 radical (unpaired) electrons. The molecule has 29 heavy (non-hydrogen) atoms. The normalized spacial score (nSPS) is 14.3. The number of carbonyl (C=O) groups excluding carboxylic acids is 1. The maximum absolute atomic E-state index is 12.3. The summed E-state index contributed by atoms with van der Waals surface area (Å²) in [5, 5.41) is 5.46. The van der Waals surface area contributed by atoms with Crippen molar-refractivity contribution in [2.24, 2.45) is 5.10 Å². The van der Waals surface area contributed by atoms with Gasteiger partial charge in [-0.15, -0.1) is 0 Å². The van der Waals surface area contributed by atoms with E-state index in [2.05, 4.69) is 39.4 Å².